The second-order valence-corrected chi connectivity index (χ2v) is 19.0. The van der Waals surface area contributed by atoms with Crippen LogP contribution in [0.2, 0.25) is 0 Å². The number of phosphoric ester groups is 1. The van der Waals surface area contributed by atoms with Gasteiger partial charge in [-0.1, -0.05) is 12.8 Å². The fourth-order valence-corrected chi connectivity index (χ4v) is 10.3. The molecule has 4 aliphatic heterocycles. The Labute approximate surface area is 395 Å². The Balaban J connectivity index is 0.895. The maximum Gasteiger partial charge on any atom is 0.469 e. The summed E-state index contributed by atoms with van der Waals surface area (Å²) in [5, 5.41) is 40.2. The summed E-state index contributed by atoms with van der Waals surface area (Å²) in [4.78, 5) is 71.1. The number of carboxylic acids is 1. The van der Waals surface area contributed by atoms with Crippen molar-refractivity contribution in [3.05, 3.63) is 96.8 Å². The molecule has 2 aromatic heterocycles. The van der Waals surface area contributed by atoms with Gasteiger partial charge in [0.2, 0.25) is 17.3 Å². The van der Waals surface area contributed by atoms with E-state index in [9.17, 15) is 34.3 Å². The zero-order valence-electron chi connectivity index (χ0n) is 38.3. The Kier molecular flexibility index (Phi) is 13.6. The molecule has 0 radical (unpaired) electrons. The van der Waals surface area contributed by atoms with Crippen LogP contribution >= 0.6 is 7.82 Å². The number of hydrogen-bond donors (Lipinski definition) is 9. The van der Waals surface area contributed by atoms with Gasteiger partial charge in [0.05, 0.1) is 18.2 Å². The summed E-state index contributed by atoms with van der Waals surface area (Å²) in [5.41, 5.74) is 10.8. The lowest BCUT2D eigenvalue weighted by atomic mass is 9.85. The van der Waals surface area contributed by atoms with Gasteiger partial charge in [0.15, 0.2) is 17.4 Å². The molecule has 0 bridgehead atoms. The lowest BCUT2D eigenvalue weighted by Gasteiger charge is -2.32. The quantitative estimate of drug-likeness (QED) is 0.0359. The summed E-state index contributed by atoms with van der Waals surface area (Å²) in [7, 11) is -4.92. The number of H-pyrrole nitrogens is 1. The number of imidazole rings is 1. The van der Waals surface area contributed by atoms with Gasteiger partial charge in [-0.2, -0.15) is 4.98 Å². The third kappa shape index (κ3) is 9.59. The van der Waals surface area contributed by atoms with Crippen molar-refractivity contribution in [3.63, 3.8) is 0 Å². The number of carbonyl (C=O) groups is 2. The van der Waals surface area contributed by atoms with Crippen molar-refractivity contribution in [2.24, 2.45) is 0 Å². The third-order valence-electron chi connectivity index (χ3n) is 13.3. The lowest BCUT2D eigenvalue weighted by molar-refractivity contribution is -0.0494. The Morgan fingerprint density at radius 2 is 1.75 bits per heavy atom. The number of benzene rings is 3. The number of aliphatic hydroxyl groups is 2. The molecular weight excluding hydrogens is 914 g/mol. The number of aromatic nitrogens is 4. The van der Waals surface area contributed by atoms with E-state index in [-0.39, 0.29) is 34.5 Å². The predicted octanol–water partition coefficient (Wildman–Crippen LogP) is 2.11. The van der Waals surface area contributed by atoms with Crippen molar-refractivity contribution >= 4 is 54.0 Å². The lowest BCUT2D eigenvalue weighted by Crippen LogP contribution is -2.39. The van der Waals surface area contributed by atoms with Crippen molar-refractivity contribution < 1.29 is 53.3 Å². The molecule has 69 heavy (non-hydrogen) atoms. The topological polar surface area (TPSA) is 300 Å². The Morgan fingerprint density at radius 3 is 2.51 bits per heavy atom. The van der Waals surface area contributed by atoms with E-state index in [2.05, 4.69) is 77.7 Å². The minimum absolute atomic E-state index is 0.0583. The summed E-state index contributed by atoms with van der Waals surface area (Å²) in [6.07, 6.45) is 0.488. The van der Waals surface area contributed by atoms with Gasteiger partial charge in [-0.25, -0.2) is 18.9 Å². The molecule has 1 fully saturated rings. The average Bonchev–Trinajstić information content (AvgIpc) is 3.82. The molecular formula is C47H57N9O12P+. The summed E-state index contributed by atoms with van der Waals surface area (Å²) >= 11 is 0. The molecule has 0 spiro atoms. The molecule has 3 aromatic carbocycles. The van der Waals surface area contributed by atoms with Crippen LogP contribution in [0.25, 0.3) is 16.7 Å². The number of fused-ring (bicyclic) bond motifs is 5. The van der Waals surface area contributed by atoms with E-state index in [1.54, 1.807) is 12.1 Å². The minimum Gasteiger partial charge on any atom is -0.478 e. The zero-order valence-corrected chi connectivity index (χ0v) is 39.2. The summed E-state index contributed by atoms with van der Waals surface area (Å²) < 4.78 is 31.9. The number of rotatable bonds is 17. The predicted molar refractivity (Wildman–Crippen MR) is 254 cm³/mol. The molecule has 10 N–H and O–H groups in total. The second kappa shape index (κ2) is 19.7. The van der Waals surface area contributed by atoms with Crippen LogP contribution in [0.15, 0.2) is 47.3 Å². The van der Waals surface area contributed by atoms with Crippen molar-refractivity contribution in [3.8, 4) is 11.5 Å². The van der Waals surface area contributed by atoms with Crippen molar-refractivity contribution in [1.29, 1.82) is 0 Å². The van der Waals surface area contributed by atoms with Crippen LogP contribution in [0.1, 0.15) is 102 Å². The fraction of sp³-hybridized carbons (Fsp3) is 0.447. The van der Waals surface area contributed by atoms with Gasteiger partial charge in [0.25, 0.3) is 11.5 Å². The first-order valence-corrected chi connectivity index (χ1v) is 25.0. The molecule has 5 aromatic rings. The van der Waals surface area contributed by atoms with E-state index in [0.717, 1.165) is 85.7 Å². The molecule has 1 amide bonds. The van der Waals surface area contributed by atoms with Gasteiger partial charge >= 0.3 is 13.8 Å². The monoisotopic (exact) mass is 970 g/mol. The second-order valence-electron chi connectivity index (χ2n) is 17.7. The molecule has 22 heteroatoms. The number of nitrogens with two attached hydrogens (primary N) is 1. The number of aromatic carboxylic acids is 1. The number of amides is 1. The van der Waals surface area contributed by atoms with Crippen LogP contribution in [0.3, 0.4) is 0 Å². The average molecular weight is 971 g/mol. The van der Waals surface area contributed by atoms with Gasteiger partial charge in [-0.15, -0.1) is 0 Å². The van der Waals surface area contributed by atoms with Gasteiger partial charge < -0.3 is 55.8 Å². The molecule has 0 aliphatic carbocycles. The van der Waals surface area contributed by atoms with Crippen molar-refractivity contribution in [2.45, 2.75) is 89.8 Å². The number of aliphatic hydroxyl groups excluding tert-OH is 2. The number of nitrogen functional groups attached to an aromatic ring is 1. The number of phosphoric acid groups is 1. The van der Waals surface area contributed by atoms with Gasteiger partial charge in [0.1, 0.15) is 42.9 Å². The number of ether oxygens (including phenoxy) is 2. The highest BCUT2D eigenvalue weighted by Gasteiger charge is 2.46. The summed E-state index contributed by atoms with van der Waals surface area (Å²) in [5.74, 6) is -0.311. The van der Waals surface area contributed by atoms with E-state index in [0.29, 0.717) is 55.0 Å². The molecule has 0 unspecified atom stereocenters. The standard InChI is InChI=1S/C47H56N9O12P/c1-3-54-17-9-11-25-19-30-34(22-32(25)54)67-35-23-33-26(12-10-18-55(33)4-2)20-31(35)37(30)29-21-27(13-14-28(29)45(61)62)42(59)49-15-7-5-6-8-16-50-47-51-38-41(52-46(48)53-43(38)60)56(47)44-40(58)39(57)36(68-44)24-66-69(63,64)65/h13-14,19-23,36,39-40,44,57-58H,3-12,15-18,24H2,1-2H3,(H7-,48,49,50,51,52,53,59,60,61,62,63,64,65)/p+1/t36-,39-,40-,44-/m1/s1. The number of nitrogens with zero attached hydrogens (tertiary/aromatic N) is 5. The van der Waals surface area contributed by atoms with Crippen LogP contribution in [0.5, 0.6) is 11.5 Å². The Bertz CT molecular complexity index is 3080. The molecule has 21 nitrogen and oxygen atoms in total. The van der Waals surface area contributed by atoms with E-state index in [4.69, 9.17) is 25.0 Å². The zero-order chi connectivity index (χ0) is 48.7. The number of nitrogens with one attached hydrogen (secondary N) is 3. The maximum absolute atomic E-state index is 13.8. The highest BCUT2D eigenvalue weighted by Crippen LogP contribution is 2.43. The minimum atomic E-state index is -4.92. The van der Waals surface area contributed by atoms with E-state index in [1.807, 2.05) is 0 Å². The summed E-state index contributed by atoms with van der Waals surface area (Å²) in [6, 6.07) is 13.2. The van der Waals surface area contributed by atoms with E-state index >= 15 is 0 Å². The number of anilines is 3. The highest BCUT2D eigenvalue weighted by atomic mass is 31.2. The van der Waals surface area contributed by atoms with Gasteiger partial charge in [-0.3, -0.25) is 23.7 Å². The van der Waals surface area contributed by atoms with Crippen LogP contribution in [-0.4, -0.2) is 121 Å². The first-order valence-electron chi connectivity index (χ1n) is 23.4. The van der Waals surface area contributed by atoms with Crippen LogP contribution < -0.4 is 46.7 Å². The molecule has 9 rings (SSSR count). The van der Waals surface area contributed by atoms with Crippen LogP contribution in [-0.2, 0) is 26.7 Å². The van der Waals surface area contributed by atoms with Crippen LogP contribution in [0, 0.1) is 0 Å². The molecule has 4 atom stereocenters. The van der Waals surface area contributed by atoms with E-state index in [1.165, 1.54) is 21.8 Å². The normalized spacial score (nSPS) is 19.7. The number of unbranched alkanes of at least 4 members (excludes halogenated alkanes) is 3. The van der Waals surface area contributed by atoms with Crippen molar-refractivity contribution in [1.82, 2.24) is 29.4 Å². The fourth-order valence-electron chi connectivity index (χ4n) is 9.95. The first kappa shape index (κ1) is 47.9. The molecule has 6 heterocycles. The molecule has 0 saturated carbocycles. The molecule has 366 valence electrons. The number of carboxylic acid groups (broad SMARTS) is 1. The SMILES string of the molecule is CCN1CCCc2cc3c(cc21)Oc1cc2c(cc1=C3c1cc(C(=O)NCCCCCCNc3nc4c(=O)[nH]c(N)nc4n3[C@@H]3O[C@H](COP(=O)(O)O)[C@@H](O)[C@H]3O)ccc1C(=O)O)CCC[N+]=2CC. The number of aryl methyl sites for hydroxylation is 2. The Morgan fingerprint density at radius 1 is 0.971 bits per heavy atom. The van der Waals surface area contributed by atoms with Crippen molar-refractivity contribution in [2.75, 3.05) is 61.8 Å². The number of aromatic amines is 1. The molecule has 4 aliphatic rings. The van der Waals surface area contributed by atoms with Gasteiger partial charge in [-0.05, 0) is 87.4 Å². The highest BCUT2D eigenvalue weighted by molar-refractivity contribution is 7.46. The summed E-state index contributed by atoms with van der Waals surface area (Å²) in [6.45, 7) is 7.82. The smallest absolute Gasteiger partial charge is 0.469 e. The van der Waals surface area contributed by atoms with Gasteiger partial charge in [0, 0.05) is 71.8 Å². The maximum atomic E-state index is 13.8. The Hall–Kier alpha value is -6.19. The van der Waals surface area contributed by atoms with Crippen LogP contribution in [0.4, 0.5) is 17.6 Å². The first-order chi connectivity index (χ1) is 33.1. The molecule has 1 saturated heterocycles. The largest absolute Gasteiger partial charge is 0.478 e. The third-order valence-corrected chi connectivity index (χ3v) is 13.8. The van der Waals surface area contributed by atoms with E-state index < -0.39 is 50.5 Å². The number of carbonyl (C=O) groups excluding carboxylic acids is 1. The number of hydrogen-bond acceptors (Lipinski definition) is 14.